The minimum Gasteiger partial charge on any atom is -0.459 e. The van der Waals surface area contributed by atoms with Crippen LogP contribution < -0.4 is 0 Å². The van der Waals surface area contributed by atoms with E-state index in [1.807, 2.05) is 12.2 Å². The molecule has 1 rings (SSSR count). The van der Waals surface area contributed by atoms with Gasteiger partial charge in [0, 0.05) is 18.9 Å². The van der Waals surface area contributed by atoms with Crippen molar-refractivity contribution in [3.05, 3.63) is 24.3 Å². The van der Waals surface area contributed by atoms with Crippen LogP contribution in [0.4, 0.5) is 0 Å². The predicted molar refractivity (Wildman–Crippen MR) is 115 cm³/mol. The summed E-state index contributed by atoms with van der Waals surface area (Å²) >= 11 is 0. The molecule has 1 heterocycles. The predicted octanol–water partition coefficient (Wildman–Crippen LogP) is 5.62. The molecule has 0 saturated heterocycles. The van der Waals surface area contributed by atoms with Crippen LogP contribution in [-0.2, 0) is 9.53 Å². The monoisotopic (exact) mass is 394 g/mol. The standard InChI is InChI=1S/C24H42O4/c1-2-3-4-11-15-21(25)16-12-9-7-5-6-8-10-13-17-22(26)20-23-18-14-19-24(27)28-23/h13-14,17,19,21-23,25-26H,2-12,15-16,18,20H2,1H3/b17-13+/t21-,22-,23+/m0/s1. The Bertz CT molecular complexity index is 444. The second-order valence-electron chi connectivity index (χ2n) is 8.13. The Balaban J connectivity index is 1.88. The minimum atomic E-state index is -0.544. The number of hydrogen-bond acceptors (Lipinski definition) is 4. The van der Waals surface area contributed by atoms with Crippen LogP contribution in [0.15, 0.2) is 24.3 Å². The van der Waals surface area contributed by atoms with Crippen molar-refractivity contribution in [3.8, 4) is 0 Å². The Morgan fingerprint density at radius 3 is 2.36 bits per heavy atom. The zero-order valence-corrected chi connectivity index (χ0v) is 17.9. The Labute approximate surface area is 172 Å². The van der Waals surface area contributed by atoms with Crippen molar-refractivity contribution in [2.75, 3.05) is 0 Å². The van der Waals surface area contributed by atoms with Crippen LogP contribution in [0.2, 0.25) is 0 Å². The molecule has 0 spiro atoms. The molecule has 0 amide bonds. The molecule has 1 aliphatic heterocycles. The first-order valence-electron chi connectivity index (χ1n) is 11.5. The van der Waals surface area contributed by atoms with Gasteiger partial charge in [-0.3, -0.25) is 0 Å². The van der Waals surface area contributed by atoms with Gasteiger partial charge in [-0.25, -0.2) is 4.79 Å². The highest BCUT2D eigenvalue weighted by Crippen LogP contribution is 2.15. The molecule has 28 heavy (non-hydrogen) atoms. The molecule has 2 N–H and O–H groups in total. The van der Waals surface area contributed by atoms with Crippen LogP contribution in [0.3, 0.4) is 0 Å². The maximum absolute atomic E-state index is 11.2. The van der Waals surface area contributed by atoms with Crippen LogP contribution in [0.5, 0.6) is 0 Å². The van der Waals surface area contributed by atoms with E-state index < -0.39 is 6.10 Å². The normalized spacial score (nSPS) is 19.1. The summed E-state index contributed by atoms with van der Waals surface area (Å²) in [6, 6.07) is 0. The Hall–Kier alpha value is -1.13. The molecule has 4 nitrogen and oxygen atoms in total. The first-order valence-corrected chi connectivity index (χ1v) is 11.5. The lowest BCUT2D eigenvalue weighted by Crippen LogP contribution is -2.24. The van der Waals surface area contributed by atoms with Crippen molar-refractivity contribution in [1.29, 1.82) is 0 Å². The fraction of sp³-hybridized carbons (Fsp3) is 0.792. The van der Waals surface area contributed by atoms with E-state index in [1.165, 1.54) is 57.4 Å². The number of carbonyl (C=O) groups excluding carboxylic acids is 1. The van der Waals surface area contributed by atoms with E-state index in [4.69, 9.17) is 4.74 Å². The summed E-state index contributed by atoms with van der Waals surface area (Å²) in [5.74, 6) is -0.311. The van der Waals surface area contributed by atoms with Gasteiger partial charge in [0.05, 0.1) is 12.2 Å². The van der Waals surface area contributed by atoms with Gasteiger partial charge in [-0.15, -0.1) is 0 Å². The summed E-state index contributed by atoms with van der Waals surface area (Å²) in [7, 11) is 0. The SMILES string of the molecule is CCCCCC[C@H](O)CCCCCCCC/C=C/[C@H](O)C[C@H]1CC=CC(=O)O1. The lowest BCUT2D eigenvalue weighted by molar-refractivity contribution is -0.145. The number of cyclic esters (lactones) is 1. The molecular formula is C24H42O4. The quantitative estimate of drug-likeness (QED) is 0.191. The minimum absolute atomic E-state index is 0.0958. The highest BCUT2D eigenvalue weighted by atomic mass is 16.5. The summed E-state index contributed by atoms with van der Waals surface area (Å²) < 4.78 is 5.16. The number of aliphatic hydroxyl groups excluding tert-OH is 2. The Morgan fingerprint density at radius 1 is 1.04 bits per heavy atom. The van der Waals surface area contributed by atoms with E-state index in [0.29, 0.717) is 12.8 Å². The average molecular weight is 395 g/mol. The molecule has 0 bridgehead atoms. The first kappa shape index (κ1) is 24.9. The van der Waals surface area contributed by atoms with E-state index in [9.17, 15) is 15.0 Å². The van der Waals surface area contributed by atoms with Crippen molar-refractivity contribution < 1.29 is 19.7 Å². The number of aliphatic hydroxyl groups is 2. The van der Waals surface area contributed by atoms with E-state index in [1.54, 1.807) is 6.08 Å². The second kappa shape index (κ2) is 16.8. The van der Waals surface area contributed by atoms with Gasteiger partial charge in [-0.05, 0) is 25.7 Å². The molecule has 0 unspecified atom stereocenters. The average Bonchev–Trinajstić information content (AvgIpc) is 2.66. The summed E-state index contributed by atoms with van der Waals surface area (Å²) in [5.41, 5.74) is 0. The maximum atomic E-state index is 11.2. The summed E-state index contributed by atoms with van der Waals surface area (Å²) in [6.07, 6.45) is 22.5. The summed E-state index contributed by atoms with van der Waals surface area (Å²) in [4.78, 5) is 11.2. The van der Waals surface area contributed by atoms with Gasteiger partial charge in [0.2, 0.25) is 0 Å². The number of unbranched alkanes of at least 4 members (excludes halogenated alkanes) is 9. The third-order valence-corrected chi connectivity index (χ3v) is 5.35. The van der Waals surface area contributed by atoms with Gasteiger partial charge in [-0.1, -0.05) is 82.9 Å². The molecule has 0 aromatic rings. The highest BCUT2D eigenvalue weighted by molar-refractivity contribution is 5.82. The van der Waals surface area contributed by atoms with Crippen LogP contribution >= 0.6 is 0 Å². The third-order valence-electron chi connectivity index (χ3n) is 5.35. The van der Waals surface area contributed by atoms with Crippen molar-refractivity contribution in [3.63, 3.8) is 0 Å². The molecule has 162 valence electrons. The molecule has 4 heteroatoms. The number of hydrogen-bond donors (Lipinski definition) is 2. The lowest BCUT2D eigenvalue weighted by atomic mass is 10.0. The van der Waals surface area contributed by atoms with E-state index in [-0.39, 0.29) is 18.2 Å². The van der Waals surface area contributed by atoms with E-state index in [0.717, 1.165) is 32.1 Å². The van der Waals surface area contributed by atoms with Crippen LogP contribution in [0.1, 0.15) is 103 Å². The molecule has 0 fully saturated rings. The van der Waals surface area contributed by atoms with Crippen LogP contribution in [0.25, 0.3) is 0 Å². The van der Waals surface area contributed by atoms with Gasteiger partial charge < -0.3 is 14.9 Å². The largest absolute Gasteiger partial charge is 0.459 e. The van der Waals surface area contributed by atoms with Gasteiger partial charge in [0.15, 0.2) is 0 Å². The number of carbonyl (C=O) groups is 1. The molecule has 0 radical (unpaired) electrons. The molecule has 0 aromatic carbocycles. The van der Waals surface area contributed by atoms with Crippen molar-refractivity contribution >= 4 is 5.97 Å². The summed E-state index contributed by atoms with van der Waals surface area (Å²) in [6.45, 7) is 2.21. The third kappa shape index (κ3) is 14.0. The fourth-order valence-electron chi connectivity index (χ4n) is 3.61. The van der Waals surface area contributed by atoms with Gasteiger partial charge in [0.1, 0.15) is 6.10 Å². The number of ether oxygens (including phenoxy) is 1. The van der Waals surface area contributed by atoms with E-state index in [2.05, 4.69) is 6.92 Å². The zero-order chi connectivity index (χ0) is 20.5. The molecule has 0 aliphatic carbocycles. The number of allylic oxidation sites excluding steroid dienone is 1. The van der Waals surface area contributed by atoms with Crippen LogP contribution in [0, 0.1) is 0 Å². The fourth-order valence-corrected chi connectivity index (χ4v) is 3.61. The molecule has 0 saturated carbocycles. The molecular weight excluding hydrogens is 352 g/mol. The summed E-state index contributed by atoms with van der Waals surface area (Å²) in [5, 5.41) is 19.9. The molecule has 3 atom stereocenters. The molecule has 0 aromatic heterocycles. The van der Waals surface area contributed by atoms with Gasteiger partial charge in [0.25, 0.3) is 0 Å². The van der Waals surface area contributed by atoms with Crippen LogP contribution in [-0.4, -0.2) is 34.5 Å². The van der Waals surface area contributed by atoms with Crippen molar-refractivity contribution in [2.24, 2.45) is 0 Å². The zero-order valence-electron chi connectivity index (χ0n) is 17.9. The topological polar surface area (TPSA) is 66.8 Å². The second-order valence-corrected chi connectivity index (χ2v) is 8.13. The number of rotatable bonds is 17. The first-order chi connectivity index (χ1) is 13.6. The smallest absolute Gasteiger partial charge is 0.330 e. The Kier molecular flexibility index (Phi) is 14.9. The van der Waals surface area contributed by atoms with Gasteiger partial charge in [-0.2, -0.15) is 0 Å². The van der Waals surface area contributed by atoms with Crippen molar-refractivity contribution in [1.82, 2.24) is 0 Å². The highest BCUT2D eigenvalue weighted by Gasteiger charge is 2.18. The molecule has 1 aliphatic rings. The maximum Gasteiger partial charge on any atom is 0.330 e. The Morgan fingerprint density at radius 2 is 1.68 bits per heavy atom. The lowest BCUT2D eigenvalue weighted by Gasteiger charge is -2.20. The van der Waals surface area contributed by atoms with Crippen molar-refractivity contribution in [2.45, 2.75) is 122 Å². The van der Waals surface area contributed by atoms with Gasteiger partial charge >= 0.3 is 5.97 Å². The number of esters is 1. The van der Waals surface area contributed by atoms with E-state index >= 15 is 0 Å².